The molecule has 0 bridgehead atoms. The fraction of sp³-hybridized carbons (Fsp3) is 0.643. The molecule has 2 aromatic rings. The van der Waals surface area contributed by atoms with Crippen molar-refractivity contribution in [1.82, 2.24) is 19.5 Å². The number of aromatic nitrogens is 4. The number of unbranched alkanes of at least 4 members (excludes halogenated alkanes) is 1. The van der Waals surface area contributed by atoms with Crippen LogP contribution in [0.15, 0.2) is 4.79 Å². The van der Waals surface area contributed by atoms with E-state index in [1.165, 1.54) is 0 Å². The Morgan fingerprint density at radius 3 is 3.09 bits per heavy atom. The summed E-state index contributed by atoms with van der Waals surface area (Å²) < 4.78 is 7.20. The van der Waals surface area contributed by atoms with Gasteiger partial charge in [0.2, 0.25) is 5.95 Å². The second-order valence-corrected chi connectivity index (χ2v) is 5.59. The minimum atomic E-state index is -0.225. The summed E-state index contributed by atoms with van der Waals surface area (Å²) in [5.74, 6) is 0.741. The molecule has 8 nitrogen and oxygen atoms in total. The Morgan fingerprint density at radius 1 is 1.50 bits per heavy atom. The van der Waals surface area contributed by atoms with Crippen LogP contribution in [0, 0.1) is 0 Å². The van der Waals surface area contributed by atoms with E-state index in [9.17, 15) is 4.79 Å². The largest absolute Gasteiger partial charge is 0.382 e. The van der Waals surface area contributed by atoms with Crippen LogP contribution < -0.4 is 16.7 Å². The minimum Gasteiger partial charge on any atom is -0.382 e. The summed E-state index contributed by atoms with van der Waals surface area (Å²) >= 11 is 0. The second-order valence-electron chi connectivity index (χ2n) is 5.59. The van der Waals surface area contributed by atoms with Crippen molar-refractivity contribution in [2.45, 2.75) is 45.3 Å². The highest BCUT2D eigenvalue weighted by atomic mass is 16.5. The number of ether oxygens (including phenoxy) is 1. The van der Waals surface area contributed by atoms with Crippen LogP contribution in [0.1, 0.15) is 32.6 Å². The first-order valence-corrected chi connectivity index (χ1v) is 7.80. The Bertz CT molecular complexity index is 701. The van der Waals surface area contributed by atoms with E-state index in [4.69, 9.17) is 10.5 Å². The molecule has 1 aliphatic rings. The molecular formula is C14H22N6O2. The maximum atomic E-state index is 12.2. The molecule has 2 aromatic heterocycles. The molecule has 8 heteroatoms. The molecule has 3 rings (SSSR count). The highest BCUT2D eigenvalue weighted by Gasteiger charge is 2.20. The summed E-state index contributed by atoms with van der Waals surface area (Å²) in [6.45, 7) is 4.14. The predicted octanol–water partition coefficient (Wildman–Crippen LogP) is 1.09. The third-order valence-electron chi connectivity index (χ3n) is 3.87. The molecular weight excluding hydrogens is 284 g/mol. The molecule has 120 valence electrons. The number of imidazole rings is 1. The van der Waals surface area contributed by atoms with Crippen molar-refractivity contribution in [1.29, 1.82) is 0 Å². The lowest BCUT2D eigenvalue weighted by molar-refractivity contribution is 0.0970. The maximum Gasteiger partial charge on any atom is 0.327 e. The number of hydrogen-bond donors (Lipinski definition) is 3. The topological polar surface area (TPSA) is 111 Å². The summed E-state index contributed by atoms with van der Waals surface area (Å²) in [4.78, 5) is 23.5. The summed E-state index contributed by atoms with van der Waals surface area (Å²) in [5.41, 5.74) is 6.75. The molecule has 0 spiro atoms. The van der Waals surface area contributed by atoms with Gasteiger partial charge in [0.15, 0.2) is 11.5 Å². The first-order valence-electron chi connectivity index (χ1n) is 7.80. The van der Waals surface area contributed by atoms with Crippen LogP contribution in [0.3, 0.4) is 0 Å². The molecule has 22 heavy (non-hydrogen) atoms. The fourth-order valence-electron chi connectivity index (χ4n) is 2.67. The predicted molar refractivity (Wildman–Crippen MR) is 84.9 cm³/mol. The molecule has 1 saturated heterocycles. The molecule has 0 saturated carbocycles. The summed E-state index contributed by atoms with van der Waals surface area (Å²) in [7, 11) is 0. The van der Waals surface area contributed by atoms with Crippen molar-refractivity contribution in [3.05, 3.63) is 10.5 Å². The lowest BCUT2D eigenvalue weighted by Gasteiger charge is -2.10. The molecule has 0 aromatic carbocycles. The third kappa shape index (κ3) is 2.92. The van der Waals surface area contributed by atoms with Crippen LogP contribution in [-0.2, 0) is 11.3 Å². The van der Waals surface area contributed by atoms with Crippen molar-refractivity contribution < 1.29 is 4.74 Å². The van der Waals surface area contributed by atoms with E-state index in [0.717, 1.165) is 38.8 Å². The van der Waals surface area contributed by atoms with Gasteiger partial charge in [-0.25, -0.2) is 4.79 Å². The van der Waals surface area contributed by atoms with Crippen LogP contribution in [-0.4, -0.2) is 38.8 Å². The van der Waals surface area contributed by atoms with Gasteiger partial charge in [0.1, 0.15) is 5.52 Å². The first-order chi connectivity index (χ1) is 10.7. The Hall–Kier alpha value is -2.09. The van der Waals surface area contributed by atoms with E-state index in [-0.39, 0.29) is 17.6 Å². The number of nitrogens with one attached hydrogen (secondary N) is 2. The lowest BCUT2D eigenvalue weighted by atomic mass is 10.2. The Morgan fingerprint density at radius 2 is 2.36 bits per heavy atom. The van der Waals surface area contributed by atoms with E-state index < -0.39 is 0 Å². The van der Waals surface area contributed by atoms with Gasteiger partial charge in [-0.3, -0.25) is 4.57 Å². The maximum absolute atomic E-state index is 12.2. The minimum absolute atomic E-state index is 0.0596. The Labute approximate surface area is 128 Å². The number of nitrogens with two attached hydrogens (primary N) is 1. The number of nitrogens with zero attached hydrogens (tertiary/aromatic N) is 3. The SMILES string of the molecule is CCCCNc1nc(N)c2[nH]c(=O)n(CC3CCCO3)c2n1. The third-order valence-corrected chi connectivity index (χ3v) is 3.87. The monoisotopic (exact) mass is 306 g/mol. The van der Waals surface area contributed by atoms with Crippen molar-refractivity contribution in [2.75, 3.05) is 24.2 Å². The standard InChI is InChI=1S/C14H22N6O2/c1-2-3-6-16-13-18-11(15)10-12(19-13)20(14(21)17-10)8-9-5-4-7-22-9/h9H,2-8H2,1H3,(H,17,21)(H3,15,16,18,19). The molecule has 0 aliphatic carbocycles. The number of aromatic amines is 1. The Balaban J connectivity index is 1.92. The van der Waals surface area contributed by atoms with Crippen LogP contribution >= 0.6 is 0 Å². The molecule has 0 amide bonds. The van der Waals surface area contributed by atoms with Crippen LogP contribution in [0.4, 0.5) is 11.8 Å². The average molecular weight is 306 g/mol. The normalized spacial score (nSPS) is 18.1. The van der Waals surface area contributed by atoms with E-state index in [0.29, 0.717) is 23.7 Å². The van der Waals surface area contributed by atoms with Gasteiger partial charge in [-0.1, -0.05) is 13.3 Å². The molecule has 3 heterocycles. The molecule has 1 unspecified atom stereocenters. The van der Waals surface area contributed by atoms with Gasteiger partial charge in [-0.05, 0) is 19.3 Å². The van der Waals surface area contributed by atoms with Crippen LogP contribution in [0.5, 0.6) is 0 Å². The lowest BCUT2D eigenvalue weighted by Crippen LogP contribution is -2.24. The number of rotatable bonds is 6. The van der Waals surface area contributed by atoms with Crippen LogP contribution in [0.25, 0.3) is 11.2 Å². The van der Waals surface area contributed by atoms with E-state index in [2.05, 4.69) is 27.2 Å². The fourth-order valence-corrected chi connectivity index (χ4v) is 2.67. The number of fused-ring (bicyclic) bond motifs is 1. The van der Waals surface area contributed by atoms with Gasteiger partial charge in [-0.2, -0.15) is 9.97 Å². The summed E-state index contributed by atoms with van der Waals surface area (Å²) in [6.07, 6.45) is 4.16. The summed E-state index contributed by atoms with van der Waals surface area (Å²) in [6, 6.07) is 0. The van der Waals surface area contributed by atoms with Crippen LogP contribution in [0.2, 0.25) is 0 Å². The van der Waals surface area contributed by atoms with Crippen molar-refractivity contribution in [2.24, 2.45) is 0 Å². The zero-order valence-corrected chi connectivity index (χ0v) is 12.8. The number of hydrogen-bond acceptors (Lipinski definition) is 6. The Kier molecular flexibility index (Phi) is 4.28. The van der Waals surface area contributed by atoms with Gasteiger partial charge in [0, 0.05) is 13.2 Å². The van der Waals surface area contributed by atoms with Crippen molar-refractivity contribution in [3.8, 4) is 0 Å². The number of H-pyrrole nitrogens is 1. The highest BCUT2D eigenvalue weighted by molar-refractivity contribution is 5.82. The second kappa shape index (κ2) is 6.35. The van der Waals surface area contributed by atoms with Gasteiger partial charge in [0.05, 0.1) is 12.6 Å². The van der Waals surface area contributed by atoms with Gasteiger partial charge >= 0.3 is 5.69 Å². The van der Waals surface area contributed by atoms with Gasteiger partial charge in [0.25, 0.3) is 0 Å². The van der Waals surface area contributed by atoms with E-state index >= 15 is 0 Å². The zero-order valence-electron chi connectivity index (χ0n) is 12.8. The summed E-state index contributed by atoms with van der Waals surface area (Å²) in [5, 5.41) is 3.15. The van der Waals surface area contributed by atoms with Gasteiger partial charge in [-0.15, -0.1) is 0 Å². The molecule has 1 aliphatic heterocycles. The highest BCUT2D eigenvalue weighted by Crippen LogP contribution is 2.19. The molecule has 0 radical (unpaired) electrons. The average Bonchev–Trinajstić information content (AvgIpc) is 3.10. The smallest absolute Gasteiger partial charge is 0.327 e. The van der Waals surface area contributed by atoms with E-state index in [1.54, 1.807) is 4.57 Å². The molecule has 4 N–H and O–H groups in total. The molecule has 1 atom stereocenters. The van der Waals surface area contributed by atoms with Crippen molar-refractivity contribution in [3.63, 3.8) is 0 Å². The number of anilines is 2. The first kappa shape index (κ1) is 14.8. The van der Waals surface area contributed by atoms with E-state index in [1.807, 2.05) is 0 Å². The number of nitrogen functional groups attached to an aromatic ring is 1. The van der Waals surface area contributed by atoms with Crippen molar-refractivity contribution >= 4 is 22.9 Å². The zero-order chi connectivity index (χ0) is 15.5. The quantitative estimate of drug-likeness (QED) is 0.689. The molecule has 1 fully saturated rings. The van der Waals surface area contributed by atoms with Gasteiger partial charge < -0.3 is 20.8 Å².